The molecule has 0 aromatic heterocycles. The average Bonchev–Trinajstić information content (AvgIpc) is 2.55. The zero-order chi connectivity index (χ0) is 17.9. The second kappa shape index (κ2) is 7.02. The van der Waals surface area contributed by atoms with Crippen LogP contribution in [0.2, 0.25) is 0 Å². The second-order valence-corrected chi connectivity index (χ2v) is 6.00. The van der Waals surface area contributed by atoms with E-state index >= 15 is 0 Å². The molecule has 2 rings (SSSR count). The number of hydrogen-bond acceptors (Lipinski definition) is 4. The van der Waals surface area contributed by atoms with Crippen LogP contribution in [0.3, 0.4) is 0 Å². The average molecular weight is 336 g/mol. The summed E-state index contributed by atoms with van der Waals surface area (Å²) in [5.74, 6) is -1.87. The standard InChI is InChI=1S/C17H18F2N2O3/c1-17(2,12-6-7-14(18)15(19)9-12)20-10-16(22)11-4-3-5-13(8-11)21(23)24/h3-9,16,20,22H,10H2,1-2H3. The predicted molar refractivity (Wildman–Crippen MR) is 85.4 cm³/mol. The largest absolute Gasteiger partial charge is 0.387 e. The zero-order valence-corrected chi connectivity index (χ0v) is 13.3. The van der Waals surface area contributed by atoms with Crippen LogP contribution in [-0.2, 0) is 5.54 Å². The van der Waals surface area contributed by atoms with E-state index in [1.165, 1.54) is 24.3 Å². The molecular weight excluding hydrogens is 318 g/mol. The Morgan fingerprint density at radius 3 is 2.54 bits per heavy atom. The summed E-state index contributed by atoms with van der Waals surface area (Å²) in [5, 5.41) is 24.1. The number of rotatable bonds is 6. The number of nitro groups is 1. The molecule has 2 N–H and O–H groups in total. The van der Waals surface area contributed by atoms with Gasteiger partial charge in [-0.3, -0.25) is 10.1 Å². The Labute approximate surface area is 138 Å². The number of nitrogens with zero attached hydrogens (tertiary/aromatic N) is 1. The third-order valence-corrected chi connectivity index (χ3v) is 3.84. The molecule has 0 saturated carbocycles. The van der Waals surface area contributed by atoms with E-state index in [4.69, 9.17) is 0 Å². The Kier molecular flexibility index (Phi) is 5.26. The summed E-state index contributed by atoms with van der Waals surface area (Å²) in [6, 6.07) is 9.34. The van der Waals surface area contributed by atoms with Crippen LogP contribution in [0, 0.1) is 21.7 Å². The molecule has 128 valence electrons. The molecule has 0 heterocycles. The summed E-state index contributed by atoms with van der Waals surface area (Å²) >= 11 is 0. The Morgan fingerprint density at radius 2 is 1.92 bits per heavy atom. The Morgan fingerprint density at radius 1 is 1.21 bits per heavy atom. The molecule has 0 fully saturated rings. The van der Waals surface area contributed by atoms with Crippen molar-refractivity contribution in [2.75, 3.05) is 6.54 Å². The molecule has 1 unspecified atom stereocenters. The molecule has 24 heavy (non-hydrogen) atoms. The van der Waals surface area contributed by atoms with Gasteiger partial charge in [0.2, 0.25) is 0 Å². The van der Waals surface area contributed by atoms with Crippen molar-refractivity contribution in [1.82, 2.24) is 5.32 Å². The van der Waals surface area contributed by atoms with Crippen molar-refractivity contribution in [2.24, 2.45) is 0 Å². The first-order valence-electron chi connectivity index (χ1n) is 7.33. The Bertz CT molecular complexity index is 750. The number of benzene rings is 2. The summed E-state index contributed by atoms with van der Waals surface area (Å²) in [4.78, 5) is 10.2. The van der Waals surface area contributed by atoms with Crippen molar-refractivity contribution >= 4 is 5.69 Å². The number of aliphatic hydroxyl groups excluding tert-OH is 1. The van der Waals surface area contributed by atoms with Crippen LogP contribution < -0.4 is 5.32 Å². The van der Waals surface area contributed by atoms with Gasteiger partial charge in [-0.05, 0) is 37.1 Å². The lowest BCUT2D eigenvalue weighted by Gasteiger charge is -2.28. The van der Waals surface area contributed by atoms with E-state index in [2.05, 4.69) is 5.32 Å². The van der Waals surface area contributed by atoms with Crippen LogP contribution in [0.15, 0.2) is 42.5 Å². The molecule has 0 amide bonds. The van der Waals surface area contributed by atoms with Gasteiger partial charge >= 0.3 is 0 Å². The van der Waals surface area contributed by atoms with Crippen LogP contribution in [0.1, 0.15) is 31.1 Å². The first kappa shape index (κ1) is 18.0. The summed E-state index contributed by atoms with van der Waals surface area (Å²) in [6.45, 7) is 3.62. The summed E-state index contributed by atoms with van der Waals surface area (Å²) in [7, 11) is 0. The number of non-ortho nitro benzene ring substituents is 1. The highest BCUT2D eigenvalue weighted by Gasteiger charge is 2.23. The quantitative estimate of drug-likeness (QED) is 0.626. The predicted octanol–water partition coefficient (Wildman–Crippen LogP) is 3.43. The van der Waals surface area contributed by atoms with Crippen LogP contribution in [0.5, 0.6) is 0 Å². The number of halogens is 2. The maximum absolute atomic E-state index is 13.4. The summed E-state index contributed by atoms with van der Waals surface area (Å²) in [5.41, 5.74) is 0.0906. The van der Waals surface area contributed by atoms with E-state index < -0.39 is 28.2 Å². The first-order valence-corrected chi connectivity index (χ1v) is 7.33. The van der Waals surface area contributed by atoms with Gasteiger partial charge in [-0.15, -0.1) is 0 Å². The molecular formula is C17H18F2N2O3. The van der Waals surface area contributed by atoms with Crippen molar-refractivity contribution in [3.63, 3.8) is 0 Å². The molecule has 2 aromatic carbocycles. The molecule has 5 nitrogen and oxygen atoms in total. The highest BCUT2D eigenvalue weighted by molar-refractivity contribution is 5.35. The fraction of sp³-hybridized carbons (Fsp3) is 0.294. The number of aliphatic hydroxyl groups is 1. The number of nitrogens with one attached hydrogen (secondary N) is 1. The Balaban J connectivity index is 2.09. The van der Waals surface area contributed by atoms with Gasteiger partial charge in [0.05, 0.1) is 11.0 Å². The van der Waals surface area contributed by atoms with Crippen LogP contribution >= 0.6 is 0 Å². The minimum atomic E-state index is -0.977. The topological polar surface area (TPSA) is 75.4 Å². The van der Waals surface area contributed by atoms with Gasteiger partial charge in [0.25, 0.3) is 5.69 Å². The van der Waals surface area contributed by atoms with Gasteiger partial charge < -0.3 is 10.4 Å². The van der Waals surface area contributed by atoms with E-state index in [-0.39, 0.29) is 12.2 Å². The highest BCUT2D eigenvalue weighted by Crippen LogP contribution is 2.24. The van der Waals surface area contributed by atoms with Crippen molar-refractivity contribution in [3.8, 4) is 0 Å². The van der Waals surface area contributed by atoms with Gasteiger partial charge in [-0.1, -0.05) is 18.2 Å². The maximum Gasteiger partial charge on any atom is 0.269 e. The minimum absolute atomic E-state index is 0.0904. The van der Waals surface area contributed by atoms with Gasteiger partial charge in [-0.25, -0.2) is 8.78 Å². The third kappa shape index (κ3) is 4.12. The van der Waals surface area contributed by atoms with Gasteiger partial charge in [-0.2, -0.15) is 0 Å². The fourth-order valence-electron chi connectivity index (χ4n) is 2.30. The van der Waals surface area contributed by atoms with E-state index in [0.717, 1.165) is 12.1 Å². The molecule has 7 heteroatoms. The molecule has 0 aliphatic rings. The smallest absolute Gasteiger partial charge is 0.269 e. The fourth-order valence-corrected chi connectivity index (χ4v) is 2.30. The van der Waals surface area contributed by atoms with Gasteiger partial charge in [0.1, 0.15) is 0 Å². The SMILES string of the molecule is CC(C)(NCC(O)c1cccc([N+](=O)[O-])c1)c1ccc(F)c(F)c1. The van der Waals surface area contributed by atoms with Crippen LogP contribution in [0.25, 0.3) is 0 Å². The van der Waals surface area contributed by atoms with Gasteiger partial charge in [0.15, 0.2) is 11.6 Å². The lowest BCUT2D eigenvalue weighted by Crippen LogP contribution is -2.39. The van der Waals surface area contributed by atoms with Crippen molar-refractivity contribution < 1.29 is 18.8 Å². The van der Waals surface area contributed by atoms with E-state index in [9.17, 15) is 24.0 Å². The van der Waals surface area contributed by atoms with Crippen LogP contribution in [-0.4, -0.2) is 16.6 Å². The van der Waals surface area contributed by atoms with E-state index in [1.54, 1.807) is 19.9 Å². The molecule has 0 bridgehead atoms. The molecule has 2 aromatic rings. The zero-order valence-electron chi connectivity index (χ0n) is 13.3. The van der Waals surface area contributed by atoms with E-state index in [1.807, 2.05) is 0 Å². The van der Waals surface area contributed by atoms with E-state index in [0.29, 0.717) is 11.1 Å². The van der Waals surface area contributed by atoms with Gasteiger partial charge in [0, 0.05) is 24.2 Å². The summed E-state index contributed by atoms with van der Waals surface area (Å²) in [6.07, 6.45) is -0.977. The number of hydrogen-bond donors (Lipinski definition) is 2. The summed E-state index contributed by atoms with van der Waals surface area (Å²) < 4.78 is 26.4. The molecule has 0 saturated heterocycles. The highest BCUT2D eigenvalue weighted by atomic mass is 19.2. The molecule has 0 aliphatic carbocycles. The lowest BCUT2D eigenvalue weighted by atomic mass is 9.93. The molecule has 0 radical (unpaired) electrons. The third-order valence-electron chi connectivity index (χ3n) is 3.84. The van der Waals surface area contributed by atoms with Crippen LogP contribution in [0.4, 0.5) is 14.5 Å². The second-order valence-electron chi connectivity index (χ2n) is 6.00. The molecule has 0 aliphatic heterocycles. The molecule has 1 atom stereocenters. The first-order chi connectivity index (χ1) is 11.2. The number of nitro benzene ring substituents is 1. The normalized spacial score (nSPS) is 12.9. The Hall–Kier alpha value is -2.38. The van der Waals surface area contributed by atoms with Crippen molar-refractivity contribution in [1.29, 1.82) is 0 Å². The lowest BCUT2D eigenvalue weighted by molar-refractivity contribution is -0.385. The monoisotopic (exact) mass is 336 g/mol. The molecule has 0 spiro atoms. The minimum Gasteiger partial charge on any atom is -0.387 e. The van der Waals surface area contributed by atoms with Crippen molar-refractivity contribution in [2.45, 2.75) is 25.5 Å². The maximum atomic E-state index is 13.4. The van der Waals surface area contributed by atoms with Crippen molar-refractivity contribution in [3.05, 3.63) is 75.3 Å².